The molecule has 0 aliphatic carbocycles. The summed E-state index contributed by atoms with van der Waals surface area (Å²) in [6.45, 7) is 7.50. The number of nitrogens with one attached hydrogen (secondary N) is 1. The number of fused-ring (bicyclic) bond motifs is 1. The van der Waals surface area contributed by atoms with Gasteiger partial charge < -0.3 is 5.32 Å². The van der Waals surface area contributed by atoms with Gasteiger partial charge >= 0.3 is 0 Å². The van der Waals surface area contributed by atoms with E-state index in [-0.39, 0.29) is 17.8 Å². The number of thiazole rings is 1. The van der Waals surface area contributed by atoms with Crippen LogP contribution in [0.4, 0.5) is 0 Å². The Hall–Kier alpha value is -0.730. The summed E-state index contributed by atoms with van der Waals surface area (Å²) in [5.41, 5.74) is 0.843. The van der Waals surface area contributed by atoms with Crippen LogP contribution >= 0.6 is 23.7 Å². The van der Waals surface area contributed by atoms with Crippen LogP contribution in [0.1, 0.15) is 38.6 Å². The van der Waals surface area contributed by atoms with Crippen LogP contribution in [0.25, 0.3) is 10.2 Å². The van der Waals surface area contributed by atoms with Crippen molar-refractivity contribution in [2.75, 3.05) is 20.1 Å². The topological polar surface area (TPSA) is 62.3 Å². The molecule has 1 aromatic carbocycles. The van der Waals surface area contributed by atoms with Gasteiger partial charge in [0.25, 0.3) is 0 Å². The SMILES string of the molecule is CNC1CCN(S(=O)(=O)c2ccc3nc(C(C)(C)C)sc3c2)CC1.Cl. The second kappa shape index (κ2) is 7.48. The third-order valence-corrected chi connectivity index (χ3v) is 7.84. The Bertz CT molecular complexity index is 835. The summed E-state index contributed by atoms with van der Waals surface area (Å²) in [5, 5.41) is 4.26. The van der Waals surface area contributed by atoms with Gasteiger partial charge in [-0.05, 0) is 38.1 Å². The lowest BCUT2D eigenvalue weighted by molar-refractivity contribution is 0.298. The molecular weight excluding hydrogens is 378 g/mol. The predicted octanol–water partition coefficient (Wildman–Crippen LogP) is 3.39. The number of sulfonamides is 1. The first kappa shape index (κ1) is 20.6. The molecule has 0 amide bonds. The summed E-state index contributed by atoms with van der Waals surface area (Å²) in [4.78, 5) is 5.02. The zero-order valence-corrected chi connectivity index (χ0v) is 17.5. The Kier molecular flexibility index (Phi) is 6.16. The highest BCUT2D eigenvalue weighted by Crippen LogP contribution is 2.33. The number of aromatic nitrogens is 1. The fourth-order valence-electron chi connectivity index (χ4n) is 2.92. The number of hydrogen-bond acceptors (Lipinski definition) is 5. The number of benzene rings is 1. The molecule has 0 atom stereocenters. The summed E-state index contributed by atoms with van der Waals surface area (Å²) in [5.74, 6) is 0. The van der Waals surface area contributed by atoms with Gasteiger partial charge in [0.15, 0.2) is 0 Å². The molecule has 3 rings (SSSR count). The standard InChI is InChI=1S/C17H25N3O2S2.ClH/c1-17(2,3)16-19-14-6-5-13(11-15(14)23-16)24(21,22)20-9-7-12(18-4)8-10-20;/h5-6,11-12,18H,7-10H2,1-4H3;1H. The Balaban J connectivity index is 0.00000225. The molecule has 1 fully saturated rings. The molecular formula is C17H26ClN3O2S2. The number of rotatable bonds is 3. The van der Waals surface area contributed by atoms with Crippen molar-refractivity contribution in [2.45, 2.75) is 50.0 Å². The van der Waals surface area contributed by atoms with Gasteiger partial charge in [-0.2, -0.15) is 4.31 Å². The van der Waals surface area contributed by atoms with E-state index in [0.29, 0.717) is 24.0 Å². The Morgan fingerprint density at radius 1 is 1.24 bits per heavy atom. The van der Waals surface area contributed by atoms with Gasteiger partial charge in [0.2, 0.25) is 10.0 Å². The Morgan fingerprint density at radius 2 is 1.88 bits per heavy atom. The van der Waals surface area contributed by atoms with Crippen molar-refractivity contribution in [2.24, 2.45) is 0 Å². The Labute approximate surface area is 160 Å². The first-order valence-electron chi connectivity index (χ1n) is 8.30. The molecule has 2 heterocycles. The molecule has 0 spiro atoms. The van der Waals surface area contributed by atoms with Crippen molar-refractivity contribution in [3.8, 4) is 0 Å². The lowest BCUT2D eigenvalue weighted by Crippen LogP contribution is -2.43. The van der Waals surface area contributed by atoms with E-state index in [4.69, 9.17) is 0 Å². The zero-order chi connectivity index (χ0) is 17.5. The van der Waals surface area contributed by atoms with E-state index >= 15 is 0 Å². The minimum Gasteiger partial charge on any atom is -0.317 e. The van der Waals surface area contributed by atoms with Gasteiger partial charge in [-0.3, -0.25) is 0 Å². The summed E-state index contributed by atoms with van der Waals surface area (Å²) in [6, 6.07) is 5.71. The fraction of sp³-hybridized carbons (Fsp3) is 0.588. The molecule has 140 valence electrons. The number of halogens is 1. The van der Waals surface area contributed by atoms with Crippen LogP contribution in [0, 0.1) is 0 Å². The van der Waals surface area contributed by atoms with Crippen LogP contribution in [0.15, 0.2) is 23.1 Å². The monoisotopic (exact) mass is 403 g/mol. The first-order valence-corrected chi connectivity index (χ1v) is 10.6. The molecule has 1 saturated heterocycles. The second-order valence-corrected chi connectivity index (χ2v) is 10.3. The van der Waals surface area contributed by atoms with E-state index < -0.39 is 10.0 Å². The summed E-state index contributed by atoms with van der Waals surface area (Å²) in [6.07, 6.45) is 1.71. The maximum absolute atomic E-state index is 12.9. The number of nitrogens with zero attached hydrogens (tertiary/aromatic N) is 2. The minimum atomic E-state index is -3.43. The maximum Gasteiger partial charge on any atom is 0.243 e. The highest BCUT2D eigenvalue weighted by Gasteiger charge is 2.29. The number of piperidine rings is 1. The van der Waals surface area contributed by atoms with Crippen LogP contribution < -0.4 is 5.32 Å². The molecule has 2 aromatic rings. The third-order valence-electron chi connectivity index (χ3n) is 4.50. The summed E-state index contributed by atoms with van der Waals surface area (Å²) < 4.78 is 28.4. The van der Waals surface area contributed by atoms with Gasteiger partial charge in [0.05, 0.1) is 20.1 Å². The molecule has 5 nitrogen and oxygen atoms in total. The molecule has 8 heteroatoms. The molecule has 0 saturated carbocycles. The molecule has 1 N–H and O–H groups in total. The quantitative estimate of drug-likeness (QED) is 0.853. The van der Waals surface area contributed by atoms with E-state index in [1.165, 1.54) is 0 Å². The van der Waals surface area contributed by atoms with E-state index in [1.807, 2.05) is 13.1 Å². The van der Waals surface area contributed by atoms with Crippen molar-refractivity contribution < 1.29 is 8.42 Å². The minimum absolute atomic E-state index is 0. The fourth-order valence-corrected chi connectivity index (χ4v) is 5.55. The van der Waals surface area contributed by atoms with Crippen molar-refractivity contribution in [1.82, 2.24) is 14.6 Å². The molecule has 1 aliphatic rings. The first-order chi connectivity index (χ1) is 11.2. The maximum atomic E-state index is 12.9. The largest absolute Gasteiger partial charge is 0.317 e. The Morgan fingerprint density at radius 3 is 2.44 bits per heavy atom. The van der Waals surface area contributed by atoms with Crippen LogP contribution in [-0.2, 0) is 15.4 Å². The molecule has 1 aliphatic heterocycles. The van der Waals surface area contributed by atoms with Crippen LogP contribution in [0.2, 0.25) is 0 Å². The molecule has 0 bridgehead atoms. The van der Waals surface area contributed by atoms with Gasteiger partial charge in [0, 0.05) is 24.5 Å². The molecule has 0 radical (unpaired) electrons. The van der Waals surface area contributed by atoms with Crippen molar-refractivity contribution in [1.29, 1.82) is 0 Å². The normalized spacial score (nSPS) is 17.6. The van der Waals surface area contributed by atoms with Crippen LogP contribution in [0.5, 0.6) is 0 Å². The average Bonchev–Trinajstić information content (AvgIpc) is 2.98. The van der Waals surface area contributed by atoms with Gasteiger partial charge in [-0.1, -0.05) is 20.8 Å². The average molecular weight is 404 g/mol. The lowest BCUT2D eigenvalue weighted by Gasteiger charge is -2.30. The zero-order valence-electron chi connectivity index (χ0n) is 15.1. The van der Waals surface area contributed by atoms with Crippen LogP contribution in [0.3, 0.4) is 0 Å². The summed E-state index contributed by atoms with van der Waals surface area (Å²) >= 11 is 1.58. The third kappa shape index (κ3) is 4.17. The van der Waals surface area contributed by atoms with Gasteiger partial charge in [-0.25, -0.2) is 13.4 Å². The lowest BCUT2D eigenvalue weighted by atomic mass is 9.98. The smallest absolute Gasteiger partial charge is 0.243 e. The van der Waals surface area contributed by atoms with E-state index in [9.17, 15) is 8.42 Å². The molecule has 0 unspecified atom stereocenters. The van der Waals surface area contributed by atoms with Crippen molar-refractivity contribution in [3.63, 3.8) is 0 Å². The van der Waals surface area contributed by atoms with Crippen molar-refractivity contribution >= 4 is 44.0 Å². The molecule has 1 aromatic heterocycles. The van der Waals surface area contributed by atoms with E-state index in [1.54, 1.807) is 27.8 Å². The number of hydrogen-bond donors (Lipinski definition) is 1. The molecule has 25 heavy (non-hydrogen) atoms. The van der Waals surface area contributed by atoms with Gasteiger partial charge in [-0.15, -0.1) is 23.7 Å². The van der Waals surface area contributed by atoms with E-state index in [0.717, 1.165) is 28.1 Å². The van der Waals surface area contributed by atoms with Crippen LogP contribution in [-0.4, -0.2) is 43.9 Å². The summed E-state index contributed by atoms with van der Waals surface area (Å²) in [7, 11) is -1.50. The highest BCUT2D eigenvalue weighted by atomic mass is 35.5. The highest BCUT2D eigenvalue weighted by molar-refractivity contribution is 7.89. The van der Waals surface area contributed by atoms with Crippen molar-refractivity contribution in [3.05, 3.63) is 23.2 Å². The van der Waals surface area contributed by atoms with E-state index in [2.05, 4.69) is 31.1 Å². The predicted molar refractivity (Wildman–Crippen MR) is 106 cm³/mol. The second-order valence-electron chi connectivity index (χ2n) is 7.37. The van der Waals surface area contributed by atoms with Gasteiger partial charge in [0.1, 0.15) is 0 Å².